The lowest BCUT2D eigenvalue weighted by Gasteiger charge is -2.49. The zero-order chi connectivity index (χ0) is 13.5. The van der Waals surface area contributed by atoms with Crippen LogP contribution < -0.4 is 5.32 Å². The molecule has 0 aliphatic heterocycles. The van der Waals surface area contributed by atoms with Gasteiger partial charge in [-0.05, 0) is 12.5 Å². The Balaban J connectivity index is 2.21. The van der Waals surface area contributed by atoms with Gasteiger partial charge in [-0.25, -0.2) is 14.2 Å². The molecule has 1 aliphatic carbocycles. The van der Waals surface area contributed by atoms with Gasteiger partial charge in [0, 0.05) is 17.7 Å². The van der Waals surface area contributed by atoms with E-state index in [1.54, 1.807) is 0 Å². The fourth-order valence-electron chi connectivity index (χ4n) is 2.02. The van der Waals surface area contributed by atoms with Gasteiger partial charge in [0.15, 0.2) is 11.6 Å². The summed E-state index contributed by atoms with van der Waals surface area (Å²) in [7, 11) is 0. The number of pyridine rings is 1. The maximum absolute atomic E-state index is 13.8. The van der Waals surface area contributed by atoms with Crippen molar-refractivity contribution in [2.24, 2.45) is 5.41 Å². The highest BCUT2D eigenvalue weighted by molar-refractivity contribution is 5.88. The van der Waals surface area contributed by atoms with Gasteiger partial charge >= 0.3 is 5.97 Å². The summed E-state index contributed by atoms with van der Waals surface area (Å²) < 4.78 is 13.8. The lowest BCUT2D eigenvalue weighted by molar-refractivity contribution is -0.0512. The number of aliphatic hydroxyl groups is 1. The number of aromatic carboxylic acids is 1. The van der Waals surface area contributed by atoms with Crippen LogP contribution in [0.1, 0.15) is 30.6 Å². The number of carboxylic acids is 1. The fraction of sp³-hybridized carbons (Fsp3) is 0.500. The second kappa shape index (κ2) is 4.20. The summed E-state index contributed by atoms with van der Waals surface area (Å²) in [6.45, 7) is 3.72. The average molecular weight is 254 g/mol. The number of anilines is 1. The van der Waals surface area contributed by atoms with Crippen molar-refractivity contribution in [2.75, 3.05) is 5.32 Å². The van der Waals surface area contributed by atoms with Crippen LogP contribution in [-0.2, 0) is 0 Å². The first-order chi connectivity index (χ1) is 8.34. The van der Waals surface area contributed by atoms with E-state index in [-0.39, 0.29) is 17.3 Å². The van der Waals surface area contributed by atoms with Crippen LogP contribution in [0.15, 0.2) is 12.3 Å². The maximum atomic E-state index is 13.8. The molecule has 0 amide bonds. The quantitative estimate of drug-likeness (QED) is 0.761. The zero-order valence-electron chi connectivity index (χ0n) is 10.1. The van der Waals surface area contributed by atoms with Crippen molar-refractivity contribution < 1.29 is 19.4 Å². The molecule has 2 atom stereocenters. The molecule has 2 rings (SSSR count). The third kappa shape index (κ3) is 1.92. The Labute approximate surface area is 104 Å². The number of nitrogens with one attached hydrogen (secondary N) is 1. The van der Waals surface area contributed by atoms with Crippen LogP contribution in [0.3, 0.4) is 0 Å². The highest BCUT2D eigenvalue weighted by atomic mass is 19.1. The van der Waals surface area contributed by atoms with Crippen molar-refractivity contribution in [1.82, 2.24) is 4.98 Å². The molecule has 5 nitrogen and oxygen atoms in total. The maximum Gasteiger partial charge on any atom is 0.338 e. The fourth-order valence-corrected chi connectivity index (χ4v) is 2.02. The van der Waals surface area contributed by atoms with Crippen molar-refractivity contribution in [3.05, 3.63) is 23.6 Å². The highest BCUT2D eigenvalue weighted by Crippen LogP contribution is 2.42. The van der Waals surface area contributed by atoms with Gasteiger partial charge in [-0.15, -0.1) is 0 Å². The van der Waals surface area contributed by atoms with Crippen LogP contribution in [0.25, 0.3) is 0 Å². The molecule has 1 fully saturated rings. The number of nitrogens with zero attached hydrogens (tertiary/aromatic N) is 1. The van der Waals surface area contributed by atoms with Crippen molar-refractivity contribution in [1.29, 1.82) is 0 Å². The minimum absolute atomic E-state index is 0.0834. The van der Waals surface area contributed by atoms with Gasteiger partial charge in [0.05, 0.1) is 6.10 Å². The number of aliphatic hydroxyl groups excluding tert-OH is 1. The molecule has 6 heteroatoms. The van der Waals surface area contributed by atoms with Crippen LogP contribution in [-0.4, -0.2) is 33.3 Å². The SMILES string of the molecule is CC1(C)C(O)CC1Nc1nccc(C(=O)O)c1F. The van der Waals surface area contributed by atoms with E-state index in [4.69, 9.17) is 5.11 Å². The van der Waals surface area contributed by atoms with Gasteiger partial charge in [0.1, 0.15) is 5.56 Å². The molecule has 1 aromatic rings. The largest absolute Gasteiger partial charge is 0.478 e. The van der Waals surface area contributed by atoms with Gasteiger partial charge in [-0.1, -0.05) is 13.8 Å². The summed E-state index contributed by atoms with van der Waals surface area (Å²) >= 11 is 0. The number of halogens is 1. The smallest absolute Gasteiger partial charge is 0.338 e. The molecule has 0 aromatic carbocycles. The average Bonchev–Trinajstić information content (AvgIpc) is 2.30. The molecule has 2 unspecified atom stereocenters. The Hall–Kier alpha value is -1.69. The molecule has 0 radical (unpaired) electrons. The number of carboxylic acid groups (broad SMARTS) is 1. The number of carbonyl (C=O) groups is 1. The Bertz CT molecular complexity index is 490. The lowest BCUT2D eigenvalue weighted by atomic mass is 9.64. The Morgan fingerprint density at radius 1 is 1.61 bits per heavy atom. The molecule has 0 spiro atoms. The first-order valence-corrected chi connectivity index (χ1v) is 5.66. The van der Waals surface area contributed by atoms with Crippen molar-refractivity contribution >= 4 is 11.8 Å². The zero-order valence-corrected chi connectivity index (χ0v) is 10.1. The van der Waals surface area contributed by atoms with Gasteiger partial charge in [-0.2, -0.15) is 0 Å². The van der Waals surface area contributed by atoms with Crippen LogP contribution >= 0.6 is 0 Å². The topological polar surface area (TPSA) is 82.5 Å². The summed E-state index contributed by atoms with van der Waals surface area (Å²) in [5.74, 6) is -2.28. The second-order valence-corrected chi connectivity index (χ2v) is 5.10. The van der Waals surface area contributed by atoms with Gasteiger partial charge in [0.2, 0.25) is 0 Å². The predicted octanol–water partition coefficient (Wildman–Crippen LogP) is 1.49. The first kappa shape index (κ1) is 12.8. The Morgan fingerprint density at radius 2 is 2.28 bits per heavy atom. The summed E-state index contributed by atoms with van der Waals surface area (Å²) in [6.07, 6.45) is 1.29. The first-order valence-electron chi connectivity index (χ1n) is 5.66. The molecule has 1 aliphatic rings. The lowest BCUT2D eigenvalue weighted by Crippen LogP contribution is -2.57. The Morgan fingerprint density at radius 3 is 2.78 bits per heavy atom. The van der Waals surface area contributed by atoms with E-state index in [2.05, 4.69) is 10.3 Å². The standard InChI is InChI=1S/C12H15FN2O3/c1-12(2)7(5-8(12)16)15-10-9(13)6(11(17)18)3-4-14-10/h3-4,7-8,16H,5H2,1-2H3,(H,14,15)(H,17,18). The minimum Gasteiger partial charge on any atom is -0.478 e. The van der Waals surface area contributed by atoms with Gasteiger partial charge < -0.3 is 15.5 Å². The molecule has 1 heterocycles. The molecular formula is C12H15FN2O3. The van der Waals surface area contributed by atoms with E-state index in [0.29, 0.717) is 6.42 Å². The molecule has 18 heavy (non-hydrogen) atoms. The second-order valence-electron chi connectivity index (χ2n) is 5.10. The summed E-state index contributed by atoms with van der Waals surface area (Å²) in [5, 5.41) is 21.2. The van der Waals surface area contributed by atoms with E-state index < -0.39 is 23.5 Å². The van der Waals surface area contributed by atoms with Gasteiger partial charge in [0.25, 0.3) is 0 Å². The molecule has 0 bridgehead atoms. The minimum atomic E-state index is -1.33. The van der Waals surface area contributed by atoms with Crippen molar-refractivity contribution in [2.45, 2.75) is 32.4 Å². The third-order valence-corrected chi connectivity index (χ3v) is 3.65. The number of aromatic nitrogens is 1. The predicted molar refractivity (Wildman–Crippen MR) is 63.0 cm³/mol. The summed E-state index contributed by atoms with van der Waals surface area (Å²) in [4.78, 5) is 14.6. The van der Waals surface area contributed by atoms with Crippen LogP contribution in [0.4, 0.5) is 10.2 Å². The van der Waals surface area contributed by atoms with E-state index in [9.17, 15) is 14.3 Å². The normalized spacial score (nSPS) is 25.3. The number of rotatable bonds is 3. The van der Waals surface area contributed by atoms with E-state index in [0.717, 1.165) is 6.07 Å². The van der Waals surface area contributed by atoms with E-state index in [1.165, 1.54) is 6.20 Å². The Kier molecular flexibility index (Phi) is 2.98. The van der Waals surface area contributed by atoms with Gasteiger partial charge in [-0.3, -0.25) is 0 Å². The number of hydrogen-bond acceptors (Lipinski definition) is 4. The van der Waals surface area contributed by atoms with E-state index >= 15 is 0 Å². The summed E-state index contributed by atoms with van der Waals surface area (Å²) in [5.41, 5.74) is -0.793. The molecule has 1 aromatic heterocycles. The highest BCUT2D eigenvalue weighted by Gasteiger charge is 2.47. The van der Waals surface area contributed by atoms with Crippen molar-refractivity contribution in [3.8, 4) is 0 Å². The summed E-state index contributed by atoms with van der Waals surface area (Å²) in [6, 6.07) is 0.988. The van der Waals surface area contributed by atoms with Crippen LogP contribution in [0, 0.1) is 11.2 Å². The molecule has 1 saturated carbocycles. The van der Waals surface area contributed by atoms with Crippen LogP contribution in [0.2, 0.25) is 0 Å². The number of hydrogen-bond donors (Lipinski definition) is 3. The monoisotopic (exact) mass is 254 g/mol. The third-order valence-electron chi connectivity index (χ3n) is 3.65. The molecular weight excluding hydrogens is 239 g/mol. The van der Waals surface area contributed by atoms with E-state index in [1.807, 2.05) is 13.8 Å². The van der Waals surface area contributed by atoms with Crippen molar-refractivity contribution in [3.63, 3.8) is 0 Å². The molecule has 3 N–H and O–H groups in total. The molecule has 98 valence electrons. The molecule has 0 saturated heterocycles. The van der Waals surface area contributed by atoms with Crippen LogP contribution in [0.5, 0.6) is 0 Å².